The van der Waals surface area contributed by atoms with E-state index in [0.717, 1.165) is 0 Å². The van der Waals surface area contributed by atoms with Gasteiger partial charge in [-0.25, -0.2) is 9.59 Å². The average molecular weight is 420 g/mol. The first-order valence-corrected chi connectivity index (χ1v) is 9.96. The second-order valence-corrected chi connectivity index (χ2v) is 6.96. The molecule has 30 heavy (non-hydrogen) atoms. The number of amides is 4. The van der Waals surface area contributed by atoms with Gasteiger partial charge in [0.05, 0.1) is 26.5 Å². The molecule has 0 spiro atoms. The van der Waals surface area contributed by atoms with Crippen LogP contribution in [0.15, 0.2) is 18.2 Å². The highest BCUT2D eigenvalue weighted by Gasteiger charge is 2.34. The molecule has 0 atom stereocenters. The van der Waals surface area contributed by atoms with Crippen molar-refractivity contribution in [1.82, 2.24) is 14.7 Å². The van der Waals surface area contributed by atoms with Gasteiger partial charge in [-0.2, -0.15) is 0 Å². The third kappa shape index (κ3) is 4.52. The molecule has 2 fully saturated rings. The molecule has 0 unspecified atom stereocenters. The summed E-state index contributed by atoms with van der Waals surface area (Å²) >= 11 is 0. The number of hydrogen-bond acceptors (Lipinski definition) is 6. The normalized spacial score (nSPS) is 16.7. The largest absolute Gasteiger partial charge is 0.497 e. The summed E-state index contributed by atoms with van der Waals surface area (Å²) in [7, 11) is 3.10. The predicted octanol–water partition coefficient (Wildman–Crippen LogP) is 1.25. The van der Waals surface area contributed by atoms with Gasteiger partial charge < -0.3 is 28.9 Å². The van der Waals surface area contributed by atoms with E-state index in [1.807, 2.05) is 0 Å². The maximum Gasteiger partial charge on any atom is 0.409 e. The number of piperazine rings is 1. The Morgan fingerprint density at radius 2 is 1.67 bits per heavy atom. The lowest BCUT2D eigenvalue weighted by molar-refractivity contribution is -0.133. The van der Waals surface area contributed by atoms with E-state index in [1.165, 1.54) is 4.90 Å². The van der Waals surface area contributed by atoms with Gasteiger partial charge in [0.1, 0.15) is 18.0 Å². The number of nitrogens with zero attached hydrogens (tertiary/aromatic N) is 4. The standard InChI is InChI=1S/C20H28N4O6/c1-4-30-20(27)22-9-7-21(8-10-22)18(25)14-23-11-12-24(19(23)26)16-13-15(28-2)5-6-17(16)29-3/h5-6,13H,4,7-12,14H2,1-3H3. The van der Waals surface area contributed by atoms with Crippen LogP contribution in [0.1, 0.15) is 6.92 Å². The Balaban J connectivity index is 1.58. The Morgan fingerprint density at radius 3 is 2.30 bits per heavy atom. The number of carbonyl (C=O) groups is 3. The molecule has 164 valence electrons. The van der Waals surface area contributed by atoms with Crippen molar-refractivity contribution >= 4 is 23.7 Å². The molecule has 2 aliphatic rings. The zero-order valence-electron chi connectivity index (χ0n) is 17.6. The molecule has 0 bridgehead atoms. The second kappa shape index (κ2) is 9.55. The molecule has 1 aromatic rings. The van der Waals surface area contributed by atoms with E-state index < -0.39 is 0 Å². The number of methoxy groups -OCH3 is 2. The topological polar surface area (TPSA) is 91.9 Å². The summed E-state index contributed by atoms with van der Waals surface area (Å²) in [5.41, 5.74) is 0.611. The van der Waals surface area contributed by atoms with E-state index in [2.05, 4.69) is 0 Å². The van der Waals surface area contributed by atoms with Crippen LogP contribution >= 0.6 is 0 Å². The van der Waals surface area contributed by atoms with Crippen molar-refractivity contribution in [1.29, 1.82) is 0 Å². The third-order valence-electron chi connectivity index (χ3n) is 5.26. The molecule has 2 saturated heterocycles. The van der Waals surface area contributed by atoms with E-state index in [-0.39, 0.29) is 24.6 Å². The molecule has 4 amide bonds. The van der Waals surface area contributed by atoms with E-state index in [4.69, 9.17) is 14.2 Å². The smallest absolute Gasteiger partial charge is 0.409 e. The fraction of sp³-hybridized carbons (Fsp3) is 0.550. The number of rotatable bonds is 6. The van der Waals surface area contributed by atoms with Gasteiger partial charge in [0.2, 0.25) is 5.91 Å². The molecule has 0 N–H and O–H groups in total. The van der Waals surface area contributed by atoms with Gasteiger partial charge in [-0.1, -0.05) is 0 Å². The van der Waals surface area contributed by atoms with Crippen molar-refractivity contribution in [2.24, 2.45) is 0 Å². The van der Waals surface area contributed by atoms with Crippen molar-refractivity contribution in [3.05, 3.63) is 18.2 Å². The number of ether oxygens (including phenoxy) is 3. The molecular weight excluding hydrogens is 392 g/mol. The van der Waals surface area contributed by atoms with Gasteiger partial charge in [0.25, 0.3) is 0 Å². The molecular formula is C20H28N4O6. The van der Waals surface area contributed by atoms with Gasteiger partial charge in [-0.15, -0.1) is 0 Å². The Labute approximate surface area is 175 Å². The van der Waals surface area contributed by atoms with Crippen LogP contribution in [0.25, 0.3) is 0 Å². The summed E-state index contributed by atoms with van der Waals surface area (Å²) in [5.74, 6) is 1.05. The summed E-state index contributed by atoms with van der Waals surface area (Å²) in [6, 6.07) is 5.01. The monoisotopic (exact) mass is 420 g/mol. The molecule has 0 radical (unpaired) electrons. The van der Waals surface area contributed by atoms with Crippen molar-refractivity contribution < 1.29 is 28.6 Å². The fourth-order valence-electron chi connectivity index (χ4n) is 3.58. The Morgan fingerprint density at radius 1 is 0.967 bits per heavy atom. The number of anilines is 1. The lowest BCUT2D eigenvalue weighted by Crippen LogP contribution is -2.53. The summed E-state index contributed by atoms with van der Waals surface area (Å²) < 4.78 is 15.6. The van der Waals surface area contributed by atoms with E-state index in [1.54, 1.807) is 54.0 Å². The first-order chi connectivity index (χ1) is 14.5. The highest BCUT2D eigenvalue weighted by atomic mass is 16.6. The van der Waals surface area contributed by atoms with Gasteiger partial charge in [0, 0.05) is 45.3 Å². The zero-order chi connectivity index (χ0) is 21.7. The zero-order valence-corrected chi connectivity index (χ0v) is 17.6. The van der Waals surface area contributed by atoms with Crippen molar-refractivity contribution in [3.8, 4) is 11.5 Å². The fourth-order valence-corrected chi connectivity index (χ4v) is 3.58. The minimum absolute atomic E-state index is 0.00102. The molecule has 1 aromatic carbocycles. The lowest BCUT2D eigenvalue weighted by atomic mass is 10.2. The molecule has 0 aromatic heterocycles. The quantitative estimate of drug-likeness (QED) is 0.688. The minimum atomic E-state index is -0.359. The number of carbonyl (C=O) groups excluding carboxylic acids is 3. The molecule has 3 rings (SSSR count). The molecule has 2 aliphatic heterocycles. The van der Waals surface area contributed by atoms with Crippen LogP contribution in [0.5, 0.6) is 11.5 Å². The van der Waals surface area contributed by atoms with E-state index >= 15 is 0 Å². The van der Waals surface area contributed by atoms with Crippen LogP contribution in [0.2, 0.25) is 0 Å². The van der Waals surface area contributed by atoms with Gasteiger partial charge in [-0.05, 0) is 19.1 Å². The number of urea groups is 1. The molecule has 2 heterocycles. The average Bonchev–Trinajstić information content (AvgIpc) is 3.13. The molecule has 10 heteroatoms. The maximum absolute atomic E-state index is 12.9. The molecule has 0 saturated carbocycles. The Bertz CT molecular complexity index is 794. The van der Waals surface area contributed by atoms with Gasteiger partial charge in [0.15, 0.2) is 0 Å². The SMILES string of the molecule is CCOC(=O)N1CCN(C(=O)CN2CCN(c3cc(OC)ccc3OC)C2=O)CC1. The van der Waals surface area contributed by atoms with Gasteiger partial charge in [-0.3, -0.25) is 9.69 Å². The summed E-state index contributed by atoms with van der Waals surface area (Å²) in [4.78, 5) is 43.8. The Kier molecular flexibility index (Phi) is 6.86. The maximum atomic E-state index is 12.9. The predicted molar refractivity (Wildman–Crippen MR) is 109 cm³/mol. The number of benzene rings is 1. The minimum Gasteiger partial charge on any atom is -0.497 e. The van der Waals surface area contributed by atoms with Crippen molar-refractivity contribution in [2.75, 3.05) is 71.5 Å². The molecule has 10 nitrogen and oxygen atoms in total. The first kappa shape index (κ1) is 21.5. The highest BCUT2D eigenvalue weighted by molar-refractivity contribution is 5.98. The Hall–Kier alpha value is -3.17. The summed E-state index contributed by atoms with van der Waals surface area (Å²) in [6.45, 7) is 4.66. The van der Waals surface area contributed by atoms with Gasteiger partial charge >= 0.3 is 12.1 Å². The van der Waals surface area contributed by atoms with Crippen molar-refractivity contribution in [3.63, 3.8) is 0 Å². The van der Waals surface area contributed by atoms with Crippen LogP contribution in [0.4, 0.5) is 15.3 Å². The molecule has 0 aliphatic carbocycles. The van der Waals surface area contributed by atoms with Crippen LogP contribution in [-0.2, 0) is 9.53 Å². The summed E-state index contributed by atoms with van der Waals surface area (Å²) in [5, 5.41) is 0. The summed E-state index contributed by atoms with van der Waals surface area (Å²) in [6.07, 6.45) is -0.359. The van der Waals surface area contributed by atoms with E-state index in [0.29, 0.717) is 63.1 Å². The van der Waals surface area contributed by atoms with Crippen LogP contribution < -0.4 is 14.4 Å². The lowest BCUT2D eigenvalue weighted by Gasteiger charge is -2.34. The second-order valence-electron chi connectivity index (χ2n) is 6.96. The highest BCUT2D eigenvalue weighted by Crippen LogP contribution is 2.34. The third-order valence-corrected chi connectivity index (χ3v) is 5.26. The van der Waals surface area contributed by atoms with Crippen LogP contribution in [-0.4, -0.2) is 99.4 Å². The van der Waals surface area contributed by atoms with Crippen LogP contribution in [0, 0.1) is 0 Å². The van der Waals surface area contributed by atoms with Crippen molar-refractivity contribution in [2.45, 2.75) is 6.92 Å². The van der Waals surface area contributed by atoms with Crippen LogP contribution in [0.3, 0.4) is 0 Å². The van der Waals surface area contributed by atoms with E-state index in [9.17, 15) is 14.4 Å². The number of hydrogen-bond donors (Lipinski definition) is 0. The first-order valence-electron chi connectivity index (χ1n) is 9.96.